The second kappa shape index (κ2) is 8.14. The lowest BCUT2D eigenvalue weighted by Crippen LogP contribution is -2.44. The van der Waals surface area contributed by atoms with Gasteiger partial charge in [-0.1, -0.05) is 19.9 Å². The summed E-state index contributed by atoms with van der Waals surface area (Å²) in [5, 5.41) is 5.28. The lowest BCUT2D eigenvalue weighted by Gasteiger charge is -2.18. The molecular formula is C15H22N2O4. The number of esters is 1. The van der Waals surface area contributed by atoms with Crippen LogP contribution in [0.5, 0.6) is 5.75 Å². The van der Waals surface area contributed by atoms with Crippen molar-refractivity contribution in [2.75, 3.05) is 19.5 Å². The lowest BCUT2D eigenvalue weighted by atomic mass is 10.0. The molecule has 6 heteroatoms. The third kappa shape index (κ3) is 5.72. The molecule has 1 atom stereocenters. The lowest BCUT2D eigenvalue weighted by molar-refractivity contribution is -0.143. The predicted octanol–water partition coefficient (Wildman–Crippen LogP) is 2.40. The van der Waals surface area contributed by atoms with E-state index in [2.05, 4.69) is 10.6 Å². The van der Waals surface area contributed by atoms with Crippen molar-refractivity contribution in [3.63, 3.8) is 0 Å². The monoisotopic (exact) mass is 294 g/mol. The number of rotatable bonds is 6. The first-order chi connectivity index (χ1) is 9.96. The van der Waals surface area contributed by atoms with Crippen LogP contribution < -0.4 is 15.4 Å². The van der Waals surface area contributed by atoms with Crippen LogP contribution in [0.1, 0.15) is 20.3 Å². The Labute approximate surface area is 124 Å². The topological polar surface area (TPSA) is 76.7 Å². The minimum atomic E-state index is -0.666. The van der Waals surface area contributed by atoms with E-state index < -0.39 is 18.0 Å². The van der Waals surface area contributed by atoms with Gasteiger partial charge in [-0.15, -0.1) is 0 Å². The summed E-state index contributed by atoms with van der Waals surface area (Å²) in [5.74, 6) is 0.440. The zero-order valence-corrected chi connectivity index (χ0v) is 12.8. The van der Waals surface area contributed by atoms with Crippen LogP contribution in [0.25, 0.3) is 0 Å². The number of hydrogen-bond donors (Lipinski definition) is 2. The molecule has 2 amide bonds. The molecule has 2 N–H and O–H groups in total. The number of urea groups is 1. The summed E-state index contributed by atoms with van der Waals surface area (Å²) in [5.41, 5.74) is 0.583. The van der Waals surface area contributed by atoms with Gasteiger partial charge in [0.25, 0.3) is 0 Å². The number of carbonyl (C=O) groups is 2. The van der Waals surface area contributed by atoms with Crippen LogP contribution in [0.15, 0.2) is 24.3 Å². The van der Waals surface area contributed by atoms with Crippen molar-refractivity contribution in [2.45, 2.75) is 26.3 Å². The van der Waals surface area contributed by atoms with E-state index in [1.54, 1.807) is 31.4 Å². The summed E-state index contributed by atoms with van der Waals surface area (Å²) >= 11 is 0. The minimum Gasteiger partial charge on any atom is -0.497 e. The van der Waals surface area contributed by atoms with Gasteiger partial charge in [0.2, 0.25) is 0 Å². The zero-order valence-electron chi connectivity index (χ0n) is 12.8. The van der Waals surface area contributed by atoms with Crippen molar-refractivity contribution >= 4 is 17.7 Å². The maximum atomic E-state index is 12.0. The Morgan fingerprint density at radius 2 is 1.95 bits per heavy atom. The first-order valence-electron chi connectivity index (χ1n) is 6.75. The van der Waals surface area contributed by atoms with Crippen LogP contribution >= 0.6 is 0 Å². The van der Waals surface area contributed by atoms with Crippen LogP contribution in [-0.4, -0.2) is 32.3 Å². The fourth-order valence-electron chi connectivity index (χ4n) is 1.85. The van der Waals surface area contributed by atoms with E-state index in [1.165, 1.54) is 7.11 Å². The molecule has 116 valence electrons. The molecule has 1 aromatic rings. The van der Waals surface area contributed by atoms with Crippen LogP contribution in [0.2, 0.25) is 0 Å². The predicted molar refractivity (Wildman–Crippen MR) is 80.4 cm³/mol. The highest BCUT2D eigenvalue weighted by atomic mass is 16.5. The number of anilines is 1. The molecular weight excluding hydrogens is 272 g/mol. The summed E-state index contributed by atoms with van der Waals surface area (Å²) < 4.78 is 9.78. The highest BCUT2D eigenvalue weighted by Gasteiger charge is 2.22. The third-order valence-corrected chi connectivity index (χ3v) is 2.83. The van der Waals surface area contributed by atoms with Gasteiger partial charge in [0.05, 0.1) is 14.2 Å². The summed E-state index contributed by atoms with van der Waals surface area (Å²) in [6, 6.07) is 5.84. The first kappa shape index (κ1) is 16.8. The molecule has 0 saturated heterocycles. The Kier molecular flexibility index (Phi) is 6.52. The fraction of sp³-hybridized carbons (Fsp3) is 0.467. The average molecular weight is 294 g/mol. The quantitative estimate of drug-likeness (QED) is 0.790. The standard InChI is InChI=1S/C15H22N2O4/c1-10(2)8-13(14(18)21-4)17-15(19)16-11-6-5-7-12(9-11)20-3/h5-7,9-10,13H,8H2,1-4H3,(H2,16,17,19). The second-order valence-corrected chi connectivity index (χ2v) is 5.04. The van der Waals surface area contributed by atoms with Crippen molar-refractivity contribution in [2.24, 2.45) is 5.92 Å². The van der Waals surface area contributed by atoms with Gasteiger partial charge in [0.1, 0.15) is 11.8 Å². The molecule has 21 heavy (non-hydrogen) atoms. The summed E-state index contributed by atoms with van der Waals surface area (Å²) in [4.78, 5) is 23.6. The Balaban J connectivity index is 2.66. The van der Waals surface area contributed by atoms with Gasteiger partial charge in [-0.05, 0) is 24.5 Å². The second-order valence-electron chi connectivity index (χ2n) is 5.04. The van der Waals surface area contributed by atoms with Gasteiger partial charge in [0, 0.05) is 11.8 Å². The smallest absolute Gasteiger partial charge is 0.328 e. The normalized spacial score (nSPS) is 11.7. The number of ether oxygens (including phenoxy) is 2. The van der Waals surface area contributed by atoms with E-state index in [0.29, 0.717) is 17.9 Å². The van der Waals surface area contributed by atoms with E-state index in [0.717, 1.165) is 0 Å². The van der Waals surface area contributed by atoms with Crippen LogP contribution in [0.3, 0.4) is 0 Å². The van der Waals surface area contributed by atoms with E-state index in [4.69, 9.17) is 9.47 Å². The molecule has 0 radical (unpaired) electrons. The number of hydrogen-bond acceptors (Lipinski definition) is 4. The molecule has 1 unspecified atom stereocenters. The van der Waals surface area contributed by atoms with E-state index in [1.807, 2.05) is 13.8 Å². The van der Waals surface area contributed by atoms with Crippen LogP contribution in [0.4, 0.5) is 10.5 Å². The molecule has 0 aromatic heterocycles. The van der Waals surface area contributed by atoms with Crippen LogP contribution in [0, 0.1) is 5.92 Å². The number of benzene rings is 1. The number of methoxy groups -OCH3 is 2. The molecule has 6 nitrogen and oxygen atoms in total. The maximum absolute atomic E-state index is 12.0. The van der Waals surface area contributed by atoms with Gasteiger partial charge in [-0.25, -0.2) is 9.59 Å². The summed E-state index contributed by atoms with van der Waals surface area (Å²) in [7, 11) is 2.85. The Morgan fingerprint density at radius 1 is 1.24 bits per heavy atom. The molecule has 0 fully saturated rings. The minimum absolute atomic E-state index is 0.256. The third-order valence-electron chi connectivity index (χ3n) is 2.83. The molecule has 0 saturated carbocycles. The van der Waals surface area contributed by atoms with Gasteiger partial charge in [-0.3, -0.25) is 0 Å². The van der Waals surface area contributed by atoms with Crippen molar-refractivity contribution in [1.29, 1.82) is 0 Å². The first-order valence-corrected chi connectivity index (χ1v) is 6.75. The highest BCUT2D eigenvalue weighted by molar-refractivity contribution is 5.92. The number of carbonyl (C=O) groups excluding carboxylic acids is 2. The molecule has 0 aliphatic carbocycles. The van der Waals surface area contributed by atoms with E-state index >= 15 is 0 Å². The van der Waals surface area contributed by atoms with Crippen molar-refractivity contribution in [3.05, 3.63) is 24.3 Å². The molecule has 0 aliphatic rings. The summed E-state index contributed by atoms with van der Waals surface area (Å²) in [6.07, 6.45) is 0.512. The van der Waals surface area contributed by atoms with E-state index in [-0.39, 0.29) is 5.92 Å². The fourth-order valence-corrected chi connectivity index (χ4v) is 1.85. The van der Waals surface area contributed by atoms with Crippen molar-refractivity contribution in [3.8, 4) is 5.75 Å². The van der Waals surface area contributed by atoms with Crippen molar-refractivity contribution < 1.29 is 19.1 Å². The SMILES string of the molecule is COC(=O)C(CC(C)C)NC(=O)Nc1cccc(OC)c1. The summed E-state index contributed by atoms with van der Waals surface area (Å²) in [6.45, 7) is 3.94. The van der Waals surface area contributed by atoms with Gasteiger partial charge < -0.3 is 20.1 Å². The maximum Gasteiger partial charge on any atom is 0.328 e. The highest BCUT2D eigenvalue weighted by Crippen LogP contribution is 2.16. The molecule has 0 heterocycles. The average Bonchev–Trinajstić information content (AvgIpc) is 2.45. The Hall–Kier alpha value is -2.24. The van der Waals surface area contributed by atoms with E-state index in [9.17, 15) is 9.59 Å². The van der Waals surface area contributed by atoms with Gasteiger partial charge in [-0.2, -0.15) is 0 Å². The van der Waals surface area contributed by atoms with Crippen LogP contribution in [-0.2, 0) is 9.53 Å². The van der Waals surface area contributed by atoms with Crippen molar-refractivity contribution in [1.82, 2.24) is 5.32 Å². The number of amides is 2. The number of nitrogens with one attached hydrogen (secondary N) is 2. The van der Waals surface area contributed by atoms with Gasteiger partial charge in [0.15, 0.2) is 0 Å². The Morgan fingerprint density at radius 3 is 2.52 bits per heavy atom. The molecule has 0 spiro atoms. The largest absolute Gasteiger partial charge is 0.497 e. The zero-order chi connectivity index (χ0) is 15.8. The molecule has 0 bridgehead atoms. The molecule has 1 rings (SSSR count). The Bertz CT molecular complexity index is 488. The molecule has 0 aliphatic heterocycles. The van der Waals surface area contributed by atoms with Gasteiger partial charge >= 0.3 is 12.0 Å². The molecule has 1 aromatic carbocycles.